The summed E-state index contributed by atoms with van der Waals surface area (Å²) in [6.45, 7) is 7.06. The van der Waals surface area contributed by atoms with Gasteiger partial charge >= 0.3 is 0 Å². The Morgan fingerprint density at radius 3 is 2.82 bits per heavy atom. The molecule has 1 N–H and O–H groups in total. The summed E-state index contributed by atoms with van der Waals surface area (Å²) in [6.07, 6.45) is 16.2. The van der Waals surface area contributed by atoms with E-state index in [0.717, 1.165) is 25.7 Å². The van der Waals surface area contributed by atoms with Gasteiger partial charge in [-0.25, -0.2) is 0 Å². The van der Waals surface area contributed by atoms with Crippen molar-refractivity contribution in [3.8, 4) is 0 Å². The van der Waals surface area contributed by atoms with Crippen LogP contribution in [0.1, 0.15) is 77.2 Å². The highest BCUT2D eigenvalue weighted by atomic mass is 16.5. The lowest BCUT2D eigenvalue weighted by atomic mass is 9.56. The number of rotatable bonds is 2. The average molecular weight is 456 g/mol. The van der Waals surface area contributed by atoms with Gasteiger partial charge in [0.25, 0.3) is 0 Å². The predicted octanol–water partition coefficient (Wildman–Crippen LogP) is 6.72. The van der Waals surface area contributed by atoms with Gasteiger partial charge in [-0.2, -0.15) is 0 Å². The van der Waals surface area contributed by atoms with Crippen LogP contribution in [-0.2, 0) is 4.74 Å². The van der Waals surface area contributed by atoms with Crippen LogP contribution in [0.15, 0.2) is 60.0 Å². The average Bonchev–Trinajstić information content (AvgIpc) is 3.34. The molecule has 34 heavy (non-hydrogen) atoms. The molecule has 2 aliphatic heterocycles. The van der Waals surface area contributed by atoms with Crippen molar-refractivity contribution >= 4 is 10.8 Å². The van der Waals surface area contributed by atoms with Crippen LogP contribution in [-0.4, -0.2) is 27.4 Å². The first kappa shape index (κ1) is 21.3. The highest BCUT2D eigenvalue weighted by molar-refractivity contribution is 5.82. The summed E-state index contributed by atoms with van der Waals surface area (Å²) in [6, 6.07) is 9.17. The third kappa shape index (κ3) is 2.69. The van der Waals surface area contributed by atoms with Gasteiger partial charge in [-0.05, 0) is 114 Å². The maximum Gasteiger partial charge on any atom is 0.0946 e. The zero-order chi connectivity index (χ0) is 23.3. The van der Waals surface area contributed by atoms with Crippen molar-refractivity contribution in [3.05, 3.63) is 65.5 Å². The summed E-state index contributed by atoms with van der Waals surface area (Å²) < 4.78 is 7.39. The van der Waals surface area contributed by atoms with E-state index in [1.807, 2.05) is 12.4 Å². The number of aliphatic hydroxyl groups is 1. The van der Waals surface area contributed by atoms with Crippen LogP contribution in [0.25, 0.3) is 10.8 Å². The first-order chi connectivity index (χ1) is 16.3. The largest absolute Gasteiger partial charge is 0.389 e. The number of fused-ring (bicyclic) bond motifs is 2. The molecule has 1 aromatic carbocycles. The van der Waals surface area contributed by atoms with Crippen molar-refractivity contribution in [2.75, 3.05) is 0 Å². The van der Waals surface area contributed by atoms with E-state index in [2.05, 4.69) is 62.2 Å². The maximum atomic E-state index is 10.9. The van der Waals surface area contributed by atoms with Crippen LogP contribution in [0.3, 0.4) is 0 Å². The number of pyridine rings is 1. The lowest BCUT2D eigenvalue weighted by Crippen LogP contribution is -2.55. The predicted molar refractivity (Wildman–Crippen MR) is 135 cm³/mol. The van der Waals surface area contributed by atoms with Gasteiger partial charge in [-0.1, -0.05) is 39.0 Å². The Kier molecular flexibility index (Phi) is 4.42. The van der Waals surface area contributed by atoms with Gasteiger partial charge in [-0.15, -0.1) is 0 Å². The van der Waals surface area contributed by atoms with Crippen molar-refractivity contribution in [3.63, 3.8) is 0 Å². The fraction of sp³-hybridized carbons (Fsp3) is 0.581. The molecular weight excluding hydrogens is 418 g/mol. The quantitative estimate of drug-likeness (QED) is 0.546. The van der Waals surface area contributed by atoms with Crippen molar-refractivity contribution in [2.24, 2.45) is 23.2 Å². The molecule has 2 aromatic rings. The summed E-state index contributed by atoms with van der Waals surface area (Å²) >= 11 is 0. The molecule has 2 bridgehead atoms. The Morgan fingerprint density at radius 1 is 1.09 bits per heavy atom. The van der Waals surface area contributed by atoms with Crippen molar-refractivity contribution in [1.82, 2.24) is 4.98 Å². The molecule has 7 unspecified atom stereocenters. The van der Waals surface area contributed by atoms with E-state index in [0.29, 0.717) is 17.8 Å². The topological polar surface area (TPSA) is 42.4 Å². The number of hydrogen-bond donors (Lipinski definition) is 1. The molecule has 5 aliphatic rings. The molecule has 7 atom stereocenters. The van der Waals surface area contributed by atoms with Crippen molar-refractivity contribution in [2.45, 2.75) is 88.9 Å². The molecule has 2 spiro atoms. The van der Waals surface area contributed by atoms with Crippen LogP contribution < -0.4 is 0 Å². The Labute approximate surface area is 203 Å². The second kappa shape index (κ2) is 7.04. The standard InChI is InChI=1S/C31H37NO2/c1-19(2)25-17-30-11-12-31(34-30)23(15-24(30)16-27(25)33)8-10-29(3)26(6-7-28(29)31)21-5-4-20-9-13-32-18-22(20)14-21/h4-5,9,13-16,18-19,25-28,33H,6-8,10-12,17H2,1-3H3. The Bertz CT molecular complexity index is 1230. The third-order valence-corrected chi connectivity index (χ3v) is 10.8. The van der Waals surface area contributed by atoms with E-state index in [9.17, 15) is 5.11 Å². The molecule has 3 aliphatic carbocycles. The highest BCUT2D eigenvalue weighted by Gasteiger charge is 2.67. The minimum absolute atomic E-state index is 0.0959. The summed E-state index contributed by atoms with van der Waals surface area (Å²) in [7, 11) is 0. The molecule has 1 saturated heterocycles. The maximum absolute atomic E-state index is 10.9. The lowest BCUT2D eigenvalue weighted by molar-refractivity contribution is -0.150. The molecule has 3 heterocycles. The molecule has 0 amide bonds. The van der Waals surface area contributed by atoms with Gasteiger partial charge in [0.05, 0.1) is 17.3 Å². The molecule has 7 rings (SSSR count). The second-order valence-corrected chi connectivity index (χ2v) is 12.6. The van der Waals surface area contributed by atoms with Crippen LogP contribution in [0.5, 0.6) is 0 Å². The van der Waals surface area contributed by atoms with Crippen LogP contribution in [0.4, 0.5) is 0 Å². The van der Waals surface area contributed by atoms with Crippen LogP contribution in [0.2, 0.25) is 0 Å². The zero-order valence-electron chi connectivity index (χ0n) is 20.8. The number of ether oxygens (including phenoxy) is 1. The summed E-state index contributed by atoms with van der Waals surface area (Å²) in [5.41, 5.74) is 4.27. The van der Waals surface area contributed by atoms with Crippen molar-refractivity contribution in [1.29, 1.82) is 0 Å². The Morgan fingerprint density at radius 2 is 1.97 bits per heavy atom. The first-order valence-corrected chi connectivity index (χ1v) is 13.5. The van der Waals surface area contributed by atoms with Crippen LogP contribution >= 0.6 is 0 Å². The minimum atomic E-state index is -0.346. The minimum Gasteiger partial charge on any atom is -0.389 e. The molecule has 1 aromatic heterocycles. The van der Waals surface area contributed by atoms with Gasteiger partial charge in [-0.3, -0.25) is 4.98 Å². The fourth-order valence-electron chi connectivity index (χ4n) is 8.98. The SMILES string of the molecule is CC(C)C1CC23CCC4(O2)C(=CC3=CC1O)CCC1(C)C(c2ccc3ccncc3c2)CCC41. The van der Waals surface area contributed by atoms with E-state index in [1.54, 1.807) is 0 Å². The third-order valence-electron chi connectivity index (χ3n) is 10.8. The van der Waals surface area contributed by atoms with Gasteiger partial charge in [0.2, 0.25) is 0 Å². The molecule has 3 nitrogen and oxygen atoms in total. The van der Waals surface area contributed by atoms with Crippen molar-refractivity contribution < 1.29 is 9.84 Å². The lowest BCUT2D eigenvalue weighted by Gasteiger charge is -2.56. The summed E-state index contributed by atoms with van der Waals surface area (Å²) in [5, 5.41) is 13.4. The second-order valence-electron chi connectivity index (χ2n) is 12.6. The fourth-order valence-corrected chi connectivity index (χ4v) is 8.98. The highest BCUT2D eigenvalue weighted by Crippen LogP contribution is 2.70. The molecule has 3 heteroatoms. The van der Waals surface area contributed by atoms with E-state index in [-0.39, 0.29) is 28.6 Å². The first-order valence-electron chi connectivity index (χ1n) is 13.5. The number of benzene rings is 1. The van der Waals surface area contributed by atoms with Crippen LogP contribution in [0, 0.1) is 23.2 Å². The van der Waals surface area contributed by atoms with Gasteiger partial charge in [0.15, 0.2) is 0 Å². The van der Waals surface area contributed by atoms with E-state index in [1.165, 1.54) is 46.7 Å². The van der Waals surface area contributed by atoms with E-state index in [4.69, 9.17) is 4.74 Å². The molecule has 3 fully saturated rings. The molecule has 2 saturated carbocycles. The summed E-state index contributed by atoms with van der Waals surface area (Å²) in [4.78, 5) is 4.37. The zero-order valence-corrected chi connectivity index (χ0v) is 20.8. The number of aliphatic hydroxyl groups excluding tert-OH is 1. The normalized spacial score (nSPS) is 42.7. The number of aromatic nitrogens is 1. The summed E-state index contributed by atoms with van der Waals surface area (Å²) in [5.74, 6) is 1.89. The molecular formula is C31H37NO2. The monoisotopic (exact) mass is 455 g/mol. The van der Waals surface area contributed by atoms with Gasteiger partial charge < -0.3 is 9.84 Å². The van der Waals surface area contributed by atoms with E-state index < -0.39 is 0 Å². The number of nitrogens with zero attached hydrogens (tertiary/aromatic N) is 1. The molecule has 0 radical (unpaired) electrons. The van der Waals surface area contributed by atoms with Gasteiger partial charge in [0, 0.05) is 17.8 Å². The van der Waals surface area contributed by atoms with Gasteiger partial charge in [0.1, 0.15) is 0 Å². The Balaban J connectivity index is 1.28. The Hall–Kier alpha value is -1.97. The molecule has 178 valence electrons. The van der Waals surface area contributed by atoms with E-state index >= 15 is 0 Å². The number of hydrogen-bond acceptors (Lipinski definition) is 3. The smallest absolute Gasteiger partial charge is 0.0946 e.